The van der Waals surface area contributed by atoms with Gasteiger partial charge in [0.25, 0.3) is 0 Å². The molecule has 4 heteroatoms. The Morgan fingerprint density at radius 2 is 2.17 bits per heavy atom. The molecule has 1 atom stereocenters. The van der Waals surface area contributed by atoms with Crippen molar-refractivity contribution in [3.05, 3.63) is 0 Å². The molecular formula is C8H16N2O2. The van der Waals surface area contributed by atoms with E-state index in [4.69, 9.17) is 10.8 Å². The molecule has 0 unspecified atom stereocenters. The third kappa shape index (κ3) is 2.79. The second kappa shape index (κ2) is 4.42. The number of nitrogens with two attached hydrogens (primary N) is 1. The second-order valence-electron chi connectivity index (χ2n) is 3.17. The summed E-state index contributed by atoms with van der Waals surface area (Å²) in [4.78, 5) is 12.7. The van der Waals surface area contributed by atoms with Gasteiger partial charge < -0.3 is 10.8 Å². The van der Waals surface area contributed by atoms with Crippen LogP contribution in [0.4, 0.5) is 0 Å². The number of hydrogen-bond donors (Lipinski definition) is 2. The highest BCUT2D eigenvalue weighted by molar-refractivity contribution is 5.73. The van der Waals surface area contributed by atoms with Gasteiger partial charge in [-0.15, -0.1) is 0 Å². The SMILES string of the molecule is NCCCC[C@@H](C(=O)O)N1CC1. The Balaban J connectivity index is 2.19. The minimum Gasteiger partial charge on any atom is -0.480 e. The van der Waals surface area contributed by atoms with Crippen LogP contribution < -0.4 is 5.73 Å². The van der Waals surface area contributed by atoms with Crippen molar-refractivity contribution in [3.63, 3.8) is 0 Å². The van der Waals surface area contributed by atoms with Crippen LogP contribution in [0, 0.1) is 0 Å². The predicted octanol–water partition coefficient (Wildman–Crippen LogP) is -0.116. The minimum atomic E-state index is -0.690. The van der Waals surface area contributed by atoms with Crippen molar-refractivity contribution in [1.82, 2.24) is 4.90 Å². The molecule has 1 rings (SSSR count). The number of nitrogens with zero attached hydrogens (tertiary/aromatic N) is 1. The third-order valence-electron chi connectivity index (χ3n) is 2.14. The first kappa shape index (κ1) is 9.48. The molecular weight excluding hydrogens is 156 g/mol. The monoisotopic (exact) mass is 172 g/mol. The number of aliphatic carboxylic acids is 1. The van der Waals surface area contributed by atoms with Crippen LogP contribution in [0.25, 0.3) is 0 Å². The van der Waals surface area contributed by atoms with Gasteiger partial charge in [-0.3, -0.25) is 9.69 Å². The molecule has 4 nitrogen and oxygen atoms in total. The van der Waals surface area contributed by atoms with Crippen molar-refractivity contribution in [2.24, 2.45) is 5.73 Å². The van der Waals surface area contributed by atoms with Gasteiger partial charge in [0.15, 0.2) is 0 Å². The highest BCUT2D eigenvalue weighted by atomic mass is 16.4. The van der Waals surface area contributed by atoms with E-state index in [9.17, 15) is 4.79 Å². The fourth-order valence-corrected chi connectivity index (χ4v) is 1.31. The molecule has 1 aliphatic heterocycles. The summed E-state index contributed by atoms with van der Waals surface area (Å²) < 4.78 is 0. The Kier molecular flexibility index (Phi) is 3.49. The minimum absolute atomic E-state index is 0.253. The first-order valence-electron chi connectivity index (χ1n) is 4.42. The summed E-state index contributed by atoms with van der Waals surface area (Å²) in [5.41, 5.74) is 5.32. The van der Waals surface area contributed by atoms with Crippen LogP contribution in [0.1, 0.15) is 19.3 Å². The van der Waals surface area contributed by atoms with E-state index in [0.717, 1.165) is 32.4 Å². The van der Waals surface area contributed by atoms with Gasteiger partial charge in [-0.05, 0) is 19.4 Å². The van der Waals surface area contributed by atoms with Crippen LogP contribution in [0.5, 0.6) is 0 Å². The second-order valence-corrected chi connectivity index (χ2v) is 3.17. The lowest BCUT2D eigenvalue weighted by molar-refractivity contribution is -0.141. The average Bonchev–Trinajstić information content (AvgIpc) is 2.80. The highest BCUT2D eigenvalue weighted by Crippen LogP contribution is 2.16. The van der Waals surface area contributed by atoms with E-state index in [2.05, 4.69) is 0 Å². The van der Waals surface area contributed by atoms with E-state index in [1.54, 1.807) is 0 Å². The molecule has 0 bridgehead atoms. The topological polar surface area (TPSA) is 66.3 Å². The molecule has 0 spiro atoms. The van der Waals surface area contributed by atoms with Crippen molar-refractivity contribution in [1.29, 1.82) is 0 Å². The number of hydrogen-bond acceptors (Lipinski definition) is 3. The fourth-order valence-electron chi connectivity index (χ4n) is 1.31. The molecule has 70 valence electrons. The van der Waals surface area contributed by atoms with Gasteiger partial charge in [-0.25, -0.2) is 0 Å². The lowest BCUT2D eigenvalue weighted by Crippen LogP contribution is -2.28. The van der Waals surface area contributed by atoms with Crippen molar-refractivity contribution in [2.45, 2.75) is 25.3 Å². The fraction of sp³-hybridized carbons (Fsp3) is 0.875. The van der Waals surface area contributed by atoms with Gasteiger partial charge in [-0.1, -0.05) is 6.42 Å². The zero-order valence-electron chi connectivity index (χ0n) is 7.20. The summed E-state index contributed by atoms with van der Waals surface area (Å²) >= 11 is 0. The first-order valence-corrected chi connectivity index (χ1v) is 4.42. The Morgan fingerprint density at radius 3 is 2.58 bits per heavy atom. The van der Waals surface area contributed by atoms with Crippen LogP contribution in [0.2, 0.25) is 0 Å². The molecule has 0 aromatic heterocycles. The van der Waals surface area contributed by atoms with Gasteiger partial charge in [0.1, 0.15) is 6.04 Å². The number of rotatable bonds is 6. The van der Waals surface area contributed by atoms with Gasteiger partial charge in [-0.2, -0.15) is 0 Å². The van der Waals surface area contributed by atoms with Crippen molar-refractivity contribution in [3.8, 4) is 0 Å². The summed E-state index contributed by atoms with van der Waals surface area (Å²) in [6, 6.07) is -0.253. The summed E-state index contributed by atoms with van der Waals surface area (Å²) in [5, 5.41) is 8.81. The summed E-state index contributed by atoms with van der Waals surface area (Å²) in [6.45, 7) is 2.55. The molecule has 3 N–H and O–H groups in total. The number of carbonyl (C=O) groups is 1. The molecule has 12 heavy (non-hydrogen) atoms. The molecule has 0 radical (unpaired) electrons. The molecule has 1 saturated heterocycles. The highest BCUT2D eigenvalue weighted by Gasteiger charge is 2.31. The number of carboxylic acid groups (broad SMARTS) is 1. The van der Waals surface area contributed by atoms with E-state index in [1.807, 2.05) is 4.90 Å². The molecule has 0 amide bonds. The van der Waals surface area contributed by atoms with Crippen molar-refractivity contribution >= 4 is 5.97 Å². The largest absolute Gasteiger partial charge is 0.480 e. The molecule has 1 fully saturated rings. The van der Waals surface area contributed by atoms with Gasteiger partial charge >= 0.3 is 5.97 Å². The maximum Gasteiger partial charge on any atom is 0.320 e. The number of carboxylic acids is 1. The van der Waals surface area contributed by atoms with Gasteiger partial charge in [0, 0.05) is 13.1 Å². The lowest BCUT2D eigenvalue weighted by Gasteiger charge is -2.11. The Labute approximate surface area is 72.3 Å². The van der Waals surface area contributed by atoms with E-state index >= 15 is 0 Å². The molecule has 0 aliphatic carbocycles. The lowest BCUT2D eigenvalue weighted by atomic mass is 10.1. The maximum atomic E-state index is 10.7. The van der Waals surface area contributed by atoms with Crippen LogP contribution in [0.15, 0.2) is 0 Å². The maximum absolute atomic E-state index is 10.7. The van der Waals surface area contributed by atoms with E-state index < -0.39 is 5.97 Å². The zero-order valence-corrected chi connectivity index (χ0v) is 7.20. The van der Waals surface area contributed by atoms with Gasteiger partial charge in [0.05, 0.1) is 0 Å². The Bertz CT molecular complexity index is 157. The molecule has 1 heterocycles. The van der Waals surface area contributed by atoms with E-state index in [0.29, 0.717) is 6.54 Å². The van der Waals surface area contributed by atoms with E-state index in [1.165, 1.54) is 0 Å². The standard InChI is InChI=1S/C8H16N2O2/c9-4-2-1-3-7(8(11)12)10-5-6-10/h7H,1-6,9H2,(H,11,12)/t7-/m0/s1. The van der Waals surface area contributed by atoms with Crippen molar-refractivity contribution in [2.75, 3.05) is 19.6 Å². The molecule has 0 aromatic rings. The average molecular weight is 172 g/mol. The molecule has 0 aromatic carbocycles. The van der Waals surface area contributed by atoms with Gasteiger partial charge in [0.2, 0.25) is 0 Å². The Hall–Kier alpha value is -0.610. The Morgan fingerprint density at radius 1 is 1.50 bits per heavy atom. The number of unbranched alkanes of at least 4 members (excludes halogenated alkanes) is 1. The van der Waals surface area contributed by atoms with E-state index in [-0.39, 0.29) is 6.04 Å². The normalized spacial score (nSPS) is 19.1. The summed E-state index contributed by atoms with van der Waals surface area (Å²) in [5.74, 6) is -0.690. The third-order valence-corrected chi connectivity index (χ3v) is 2.14. The summed E-state index contributed by atoms with van der Waals surface area (Å²) in [6.07, 6.45) is 2.59. The van der Waals surface area contributed by atoms with Crippen LogP contribution in [-0.2, 0) is 4.79 Å². The predicted molar refractivity (Wildman–Crippen MR) is 45.9 cm³/mol. The smallest absolute Gasteiger partial charge is 0.320 e. The van der Waals surface area contributed by atoms with Crippen LogP contribution >= 0.6 is 0 Å². The van der Waals surface area contributed by atoms with Crippen LogP contribution in [-0.4, -0.2) is 41.7 Å². The van der Waals surface area contributed by atoms with Crippen molar-refractivity contribution < 1.29 is 9.90 Å². The summed E-state index contributed by atoms with van der Waals surface area (Å²) in [7, 11) is 0. The molecule has 0 saturated carbocycles. The zero-order chi connectivity index (χ0) is 8.97. The molecule has 1 aliphatic rings. The first-order chi connectivity index (χ1) is 5.75. The quantitative estimate of drug-likeness (QED) is 0.433. The van der Waals surface area contributed by atoms with Crippen LogP contribution in [0.3, 0.4) is 0 Å².